The van der Waals surface area contributed by atoms with E-state index in [1.165, 1.54) is 5.56 Å². The summed E-state index contributed by atoms with van der Waals surface area (Å²) in [5.41, 5.74) is 1.26. The van der Waals surface area contributed by atoms with E-state index in [0.29, 0.717) is 13.2 Å². The minimum atomic E-state index is 0.668. The average Bonchev–Trinajstić information content (AvgIpc) is 2.47. The number of benzene rings is 1. The molecule has 3 nitrogen and oxygen atoms in total. The van der Waals surface area contributed by atoms with Gasteiger partial charge in [-0.1, -0.05) is 31.9 Å². The normalized spacial score (nSPS) is 10.5. The van der Waals surface area contributed by atoms with E-state index in [9.17, 15) is 0 Å². The van der Waals surface area contributed by atoms with Gasteiger partial charge in [-0.05, 0) is 37.2 Å². The van der Waals surface area contributed by atoms with Gasteiger partial charge in [-0.15, -0.1) is 6.42 Å². The number of likely N-dealkylation sites (N-methyl/N-ethyl adjacent to an activating group) is 1. The van der Waals surface area contributed by atoms with Gasteiger partial charge < -0.3 is 10.1 Å². The largest absolute Gasteiger partial charge is 0.492 e. The first-order valence-electron chi connectivity index (χ1n) is 7.38. The van der Waals surface area contributed by atoms with Crippen molar-refractivity contribution in [3.8, 4) is 18.1 Å². The van der Waals surface area contributed by atoms with Crippen LogP contribution in [0.15, 0.2) is 24.3 Å². The fourth-order valence-electron chi connectivity index (χ4n) is 1.93. The molecule has 0 unspecified atom stereocenters. The number of nitrogens with one attached hydrogen (secondary N) is 1. The van der Waals surface area contributed by atoms with E-state index >= 15 is 0 Å². The van der Waals surface area contributed by atoms with Gasteiger partial charge >= 0.3 is 0 Å². The summed E-state index contributed by atoms with van der Waals surface area (Å²) in [6.07, 6.45) is 6.48. The molecule has 0 radical (unpaired) electrons. The van der Waals surface area contributed by atoms with Gasteiger partial charge in [-0.2, -0.15) is 0 Å². The Bertz CT molecular complexity index is 412. The van der Waals surface area contributed by atoms with E-state index in [0.717, 1.165) is 38.3 Å². The molecule has 3 heteroatoms. The third-order valence-electron chi connectivity index (χ3n) is 3.09. The zero-order valence-electron chi connectivity index (χ0n) is 12.7. The maximum atomic E-state index is 5.79. The van der Waals surface area contributed by atoms with Gasteiger partial charge in [-0.25, -0.2) is 0 Å². The average molecular weight is 274 g/mol. The zero-order valence-corrected chi connectivity index (χ0v) is 12.7. The first kappa shape index (κ1) is 16.6. The molecule has 0 aliphatic carbocycles. The Morgan fingerprint density at radius 2 is 2.20 bits per heavy atom. The molecule has 0 heterocycles. The fraction of sp³-hybridized carbons (Fsp3) is 0.529. The summed E-state index contributed by atoms with van der Waals surface area (Å²) in [4.78, 5) is 2.19. The van der Waals surface area contributed by atoms with E-state index in [-0.39, 0.29) is 0 Å². The van der Waals surface area contributed by atoms with Gasteiger partial charge in [0.1, 0.15) is 12.4 Å². The molecule has 0 atom stereocenters. The van der Waals surface area contributed by atoms with Crippen molar-refractivity contribution >= 4 is 0 Å². The van der Waals surface area contributed by atoms with E-state index in [2.05, 4.69) is 42.1 Å². The van der Waals surface area contributed by atoms with Crippen LogP contribution < -0.4 is 10.1 Å². The monoisotopic (exact) mass is 274 g/mol. The zero-order chi connectivity index (χ0) is 14.6. The van der Waals surface area contributed by atoms with Gasteiger partial charge in [0, 0.05) is 13.1 Å². The molecule has 0 bridgehead atoms. The van der Waals surface area contributed by atoms with E-state index in [4.69, 9.17) is 11.2 Å². The maximum absolute atomic E-state index is 5.79. The van der Waals surface area contributed by atoms with Gasteiger partial charge in [-0.3, -0.25) is 4.90 Å². The third-order valence-corrected chi connectivity index (χ3v) is 3.09. The molecule has 0 saturated carbocycles. The molecule has 0 spiro atoms. The minimum absolute atomic E-state index is 0.668. The van der Waals surface area contributed by atoms with Crippen LogP contribution in [-0.2, 0) is 6.54 Å². The highest BCUT2D eigenvalue weighted by molar-refractivity contribution is 5.28. The van der Waals surface area contributed by atoms with Crippen molar-refractivity contribution in [1.29, 1.82) is 0 Å². The molecule has 0 amide bonds. The topological polar surface area (TPSA) is 24.5 Å². The number of nitrogens with zero attached hydrogens (tertiary/aromatic N) is 1. The molecule has 1 N–H and O–H groups in total. The number of hydrogen-bond acceptors (Lipinski definition) is 3. The van der Waals surface area contributed by atoms with Crippen molar-refractivity contribution in [2.24, 2.45) is 0 Å². The van der Waals surface area contributed by atoms with Crippen molar-refractivity contribution < 1.29 is 4.74 Å². The standard InChI is InChI=1S/C17H26N2O/c1-4-10-18-15-16-8-7-9-17(14-16)20-13-12-19(6-3)11-5-2/h2,7-9,14,18H,4,6,10-13,15H2,1,3H3. The Kier molecular flexibility index (Phi) is 8.53. The lowest BCUT2D eigenvalue weighted by atomic mass is 10.2. The van der Waals surface area contributed by atoms with Crippen LogP contribution in [0.25, 0.3) is 0 Å². The van der Waals surface area contributed by atoms with Crippen molar-refractivity contribution in [2.75, 3.05) is 32.8 Å². The number of rotatable bonds is 10. The predicted molar refractivity (Wildman–Crippen MR) is 84.9 cm³/mol. The Balaban J connectivity index is 2.36. The fourth-order valence-corrected chi connectivity index (χ4v) is 1.93. The molecular formula is C17H26N2O. The molecule has 0 aromatic heterocycles. The molecule has 0 saturated heterocycles. The van der Waals surface area contributed by atoms with Crippen LogP contribution >= 0.6 is 0 Å². The Morgan fingerprint density at radius 1 is 1.35 bits per heavy atom. The molecular weight excluding hydrogens is 248 g/mol. The highest BCUT2D eigenvalue weighted by Gasteiger charge is 2.01. The predicted octanol–water partition coefficient (Wildman–Crippen LogP) is 2.52. The third kappa shape index (κ3) is 6.60. The number of ether oxygens (including phenoxy) is 1. The lowest BCUT2D eigenvalue weighted by Gasteiger charge is -2.17. The molecule has 20 heavy (non-hydrogen) atoms. The van der Waals surface area contributed by atoms with Gasteiger partial charge in [0.05, 0.1) is 6.54 Å². The Hall–Kier alpha value is -1.50. The van der Waals surface area contributed by atoms with Crippen molar-refractivity contribution in [1.82, 2.24) is 10.2 Å². The lowest BCUT2D eigenvalue weighted by Crippen LogP contribution is -2.28. The number of terminal acetylenes is 1. The summed E-state index contributed by atoms with van der Waals surface area (Å²) in [6.45, 7) is 9.38. The van der Waals surface area contributed by atoms with Crippen LogP contribution in [0.1, 0.15) is 25.8 Å². The van der Waals surface area contributed by atoms with Crippen LogP contribution in [0.5, 0.6) is 5.75 Å². The van der Waals surface area contributed by atoms with Gasteiger partial charge in [0.25, 0.3) is 0 Å². The second kappa shape index (κ2) is 10.3. The van der Waals surface area contributed by atoms with E-state index in [1.54, 1.807) is 0 Å². The SMILES string of the molecule is C#CCN(CC)CCOc1cccc(CNCCC)c1. The molecule has 0 aliphatic heterocycles. The second-order valence-electron chi connectivity index (χ2n) is 4.75. The van der Waals surface area contributed by atoms with Crippen LogP contribution in [0.4, 0.5) is 0 Å². The summed E-state index contributed by atoms with van der Waals surface area (Å²) in [5, 5.41) is 3.39. The van der Waals surface area contributed by atoms with Crippen LogP contribution in [0, 0.1) is 12.3 Å². The smallest absolute Gasteiger partial charge is 0.119 e. The Morgan fingerprint density at radius 3 is 2.90 bits per heavy atom. The van der Waals surface area contributed by atoms with Crippen LogP contribution in [0.3, 0.4) is 0 Å². The molecule has 1 aromatic rings. The quantitative estimate of drug-likeness (QED) is 0.524. The molecule has 110 valence electrons. The van der Waals surface area contributed by atoms with Crippen LogP contribution in [-0.4, -0.2) is 37.7 Å². The molecule has 1 aromatic carbocycles. The minimum Gasteiger partial charge on any atom is -0.492 e. The molecule has 0 fully saturated rings. The summed E-state index contributed by atoms with van der Waals surface area (Å²) < 4.78 is 5.79. The van der Waals surface area contributed by atoms with Crippen molar-refractivity contribution in [3.05, 3.63) is 29.8 Å². The summed E-state index contributed by atoms with van der Waals surface area (Å²) in [6, 6.07) is 8.25. The highest BCUT2D eigenvalue weighted by Crippen LogP contribution is 2.13. The lowest BCUT2D eigenvalue weighted by molar-refractivity contribution is 0.231. The highest BCUT2D eigenvalue weighted by atomic mass is 16.5. The first-order chi connectivity index (χ1) is 9.80. The van der Waals surface area contributed by atoms with Crippen molar-refractivity contribution in [2.45, 2.75) is 26.8 Å². The Labute approximate surface area is 123 Å². The van der Waals surface area contributed by atoms with E-state index < -0.39 is 0 Å². The molecule has 1 rings (SSSR count). The maximum Gasteiger partial charge on any atom is 0.119 e. The second-order valence-corrected chi connectivity index (χ2v) is 4.75. The van der Waals surface area contributed by atoms with Gasteiger partial charge in [0.2, 0.25) is 0 Å². The van der Waals surface area contributed by atoms with E-state index in [1.807, 2.05) is 12.1 Å². The first-order valence-corrected chi connectivity index (χ1v) is 7.38. The van der Waals surface area contributed by atoms with Crippen LogP contribution in [0.2, 0.25) is 0 Å². The summed E-state index contributed by atoms with van der Waals surface area (Å²) >= 11 is 0. The van der Waals surface area contributed by atoms with Crippen molar-refractivity contribution in [3.63, 3.8) is 0 Å². The summed E-state index contributed by atoms with van der Waals surface area (Å²) in [7, 11) is 0. The number of hydrogen-bond donors (Lipinski definition) is 1. The molecule has 0 aliphatic rings. The summed E-state index contributed by atoms with van der Waals surface area (Å²) in [5.74, 6) is 3.60. The van der Waals surface area contributed by atoms with Gasteiger partial charge in [0.15, 0.2) is 0 Å².